The van der Waals surface area contributed by atoms with Gasteiger partial charge in [0.15, 0.2) is 0 Å². The van der Waals surface area contributed by atoms with Crippen LogP contribution in [0.3, 0.4) is 0 Å². The number of nitrogens with zero attached hydrogens (tertiary/aromatic N) is 2. The first kappa shape index (κ1) is 16.9. The van der Waals surface area contributed by atoms with Gasteiger partial charge in [0.25, 0.3) is 5.91 Å². The predicted octanol–water partition coefficient (Wildman–Crippen LogP) is 3.67. The molecular weight excluding hydrogens is 378 g/mol. The smallest absolute Gasteiger partial charge is 0.268 e. The molecule has 3 saturated heterocycles. The number of halogens is 1. The quantitative estimate of drug-likeness (QED) is 0.851. The van der Waals surface area contributed by atoms with Crippen LogP contribution in [0.5, 0.6) is 0 Å². The molecule has 0 saturated carbocycles. The molecule has 1 aromatic carbocycles. The van der Waals surface area contributed by atoms with Crippen LogP contribution in [-0.4, -0.2) is 40.5 Å². The molecule has 5 rings (SSSR count). The van der Waals surface area contributed by atoms with Crippen molar-refractivity contribution in [3.8, 4) is 11.3 Å². The van der Waals surface area contributed by atoms with Gasteiger partial charge in [-0.3, -0.25) is 9.69 Å². The molecule has 25 heavy (non-hydrogen) atoms. The average molecular weight is 402 g/mol. The number of nitrogens with one attached hydrogen (secondary N) is 1. The highest BCUT2D eigenvalue weighted by molar-refractivity contribution is 9.10. The maximum absolute atomic E-state index is 12.9. The van der Waals surface area contributed by atoms with E-state index in [0.717, 1.165) is 21.4 Å². The summed E-state index contributed by atoms with van der Waals surface area (Å²) in [5, 5.41) is 3.32. The lowest BCUT2D eigenvalue weighted by Crippen LogP contribution is -2.62. The Bertz CT molecular complexity index is 773. The van der Waals surface area contributed by atoms with Gasteiger partial charge in [0.05, 0.1) is 0 Å². The number of piperidine rings is 3. The number of hydrogen-bond donors (Lipinski definition) is 1. The lowest BCUT2D eigenvalue weighted by atomic mass is 9.79. The molecule has 1 amide bonds. The maximum Gasteiger partial charge on any atom is 0.268 e. The van der Waals surface area contributed by atoms with Crippen molar-refractivity contribution in [1.82, 2.24) is 14.8 Å². The topological polar surface area (TPSA) is 37.3 Å². The Morgan fingerprint density at radius 1 is 1.12 bits per heavy atom. The molecule has 3 aliphatic heterocycles. The molecular formula is C20H24BrN3O. The van der Waals surface area contributed by atoms with Gasteiger partial charge in [0.1, 0.15) is 5.69 Å². The molecule has 3 aliphatic rings. The second-order valence-electron chi connectivity index (χ2n) is 7.28. The van der Waals surface area contributed by atoms with Gasteiger partial charge in [0.2, 0.25) is 0 Å². The fourth-order valence-electron chi connectivity index (χ4n) is 4.42. The second-order valence-corrected chi connectivity index (χ2v) is 8.20. The van der Waals surface area contributed by atoms with Gasteiger partial charge in [-0.2, -0.15) is 0 Å². The molecule has 0 unspecified atom stereocenters. The predicted molar refractivity (Wildman–Crippen MR) is 104 cm³/mol. The molecule has 3 fully saturated rings. The Morgan fingerprint density at radius 2 is 1.80 bits per heavy atom. The molecule has 2 bridgehead atoms. The summed E-state index contributed by atoms with van der Waals surface area (Å²) in [6.45, 7) is 4.60. The van der Waals surface area contributed by atoms with E-state index in [9.17, 15) is 4.79 Å². The summed E-state index contributed by atoms with van der Waals surface area (Å²) in [5.41, 5.74) is 2.89. The highest BCUT2D eigenvalue weighted by atomic mass is 79.9. The van der Waals surface area contributed by atoms with Crippen LogP contribution in [0.4, 0.5) is 0 Å². The minimum Gasteiger partial charge on any atom is -0.346 e. The van der Waals surface area contributed by atoms with Gasteiger partial charge < -0.3 is 9.88 Å². The minimum atomic E-state index is 0.0384. The monoisotopic (exact) mass is 401 g/mol. The summed E-state index contributed by atoms with van der Waals surface area (Å²) in [6, 6.07) is 12.8. The average Bonchev–Trinajstić information content (AvgIpc) is 3.01. The van der Waals surface area contributed by atoms with Gasteiger partial charge in [-0.15, -0.1) is 0 Å². The van der Waals surface area contributed by atoms with E-state index in [4.69, 9.17) is 0 Å². The van der Waals surface area contributed by atoms with Crippen molar-refractivity contribution in [1.29, 1.82) is 0 Å². The van der Waals surface area contributed by atoms with Crippen molar-refractivity contribution in [3.05, 3.63) is 46.6 Å². The number of aromatic nitrogens is 1. The third-order valence-electron chi connectivity index (χ3n) is 5.97. The molecule has 0 aliphatic carbocycles. The Balaban J connectivity index is 1.54. The second kappa shape index (κ2) is 6.61. The van der Waals surface area contributed by atoms with E-state index in [1.54, 1.807) is 0 Å². The van der Waals surface area contributed by atoms with Crippen molar-refractivity contribution in [3.63, 3.8) is 0 Å². The SMILES string of the molecule is C[C@H]1[C@H](NC(=O)c2ccc(-c3ccc(Br)cc3)n2C)C2CCN1CC2. The van der Waals surface area contributed by atoms with E-state index in [2.05, 4.69) is 45.2 Å². The van der Waals surface area contributed by atoms with Crippen molar-refractivity contribution >= 4 is 21.8 Å². The molecule has 1 N–H and O–H groups in total. The standard InChI is InChI=1S/C20H24BrN3O/c1-13-19(15-9-11-24(13)12-10-15)22-20(25)18-8-7-17(23(18)2)14-3-5-16(21)6-4-14/h3-8,13,15,19H,9-12H2,1-2H3,(H,22,25)/t13-,19-/m0/s1. The first-order chi connectivity index (χ1) is 12.0. The normalized spacial score (nSPS) is 28.1. The largest absolute Gasteiger partial charge is 0.346 e. The fraction of sp³-hybridized carbons (Fsp3) is 0.450. The van der Waals surface area contributed by atoms with E-state index in [0.29, 0.717) is 12.0 Å². The molecule has 1 aromatic heterocycles. The number of carbonyl (C=O) groups excluding carboxylic acids is 1. The van der Waals surface area contributed by atoms with Crippen LogP contribution in [0.15, 0.2) is 40.9 Å². The number of rotatable bonds is 3. The van der Waals surface area contributed by atoms with Crippen LogP contribution < -0.4 is 5.32 Å². The van der Waals surface area contributed by atoms with Crippen LogP contribution in [0.25, 0.3) is 11.3 Å². The first-order valence-corrected chi connectivity index (χ1v) is 9.80. The van der Waals surface area contributed by atoms with E-state index < -0.39 is 0 Å². The van der Waals surface area contributed by atoms with Crippen LogP contribution in [-0.2, 0) is 7.05 Å². The number of hydrogen-bond acceptors (Lipinski definition) is 2. The van der Waals surface area contributed by atoms with Gasteiger partial charge in [-0.05, 0) is 68.6 Å². The zero-order valence-electron chi connectivity index (χ0n) is 14.7. The van der Waals surface area contributed by atoms with Crippen LogP contribution in [0, 0.1) is 5.92 Å². The summed E-state index contributed by atoms with van der Waals surface area (Å²) < 4.78 is 3.05. The molecule has 5 heteroatoms. The zero-order chi connectivity index (χ0) is 17.6. The lowest BCUT2D eigenvalue weighted by molar-refractivity contribution is 0.0215. The molecule has 0 radical (unpaired) electrons. The number of fused-ring (bicyclic) bond motifs is 3. The van der Waals surface area contributed by atoms with E-state index >= 15 is 0 Å². The van der Waals surface area contributed by atoms with E-state index in [1.807, 2.05) is 35.9 Å². The highest BCUT2D eigenvalue weighted by Crippen LogP contribution is 2.32. The highest BCUT2D eigenvalue weighted by Gasteiger charge is 2.40. The number of carbonyl (C=O) groups is 1. The summed E-state index contributed by atoms with van der Waals surface area (Å²) >= 11 is 3.47. The number of amides is 1. The minimum absolute atomic E-state index is 0.0384. The van der Waals surface area contributed by atoms with Crippen molar-refractivity contribution in [2.45, 2.75) is 31.8 Å². The van der Waals surface area contributed by atoms with E-state index in [-0.39, 0.29) is 11.9 Å². The van der Waals surface area contributed by atoms with Crippen molar-refractivity contribution in [2.24, 2.45) is 13.0 Å². The van der Waals surface area contributed by atoms with Crippen LogP contribution in [0.1, 0.15) is 30.3 Å². The summed E-state index contributed by atoms with van der Waals surface area (Å²) in [4.78, 5) is 15.4. The third kappa shape index (κ3) is 3.04. The molecule has 0 spiro atoms. The van der Waals surface area contributed by atoms with Crippen LogP contribution >= 0.6 is 15.9 Å². The summed E-state index contributed by atoms with van der Waals surface area (Å²) in [6.07, 6.45) is 2.40. The Morgan fingerprint density at radius 3 is 2.44 bits per heavy atom. The zero-order valence-corrected chi connectivity index (χ0v) is 16.3. The van der Waals surface area contributed by atoms with Gasteiger partial charge >= 0.3 is 0 Å². The first-order valence-electron chi connectivity index (χ1n) is 9.01. The van der Waals surface area contributed by atoms with Crippen LogP contribution in [0.2, 0.25) is 0 Å². The summed E-state index contributed by atoms with van der Waals surface area (Å²) in [5.74, 6) is 0.659. The van der Waals surface area contributed by atoms with Crippen molar-refractivity contribution in [2.75, 3.05) is 13.1 Å². The summed E-state index contributed by atoms with van der Waals surface area (Å²) in [7, 11) is 1.96. The third-order valence-corrected chi connectivity index (χ3v) is 6.50. The Hall–Kier alpha value is -1.59. The fourth-order valence-corrected chi connectivity index (χ4v) is 4.68. The van der Waals surface area contributed by atoms with Gasteiger partial charge in [0, 0.05) is 29.3 Å². The molecule has 2 atom stereocenters. The lowest BCUT2D eigenvalue weighted by Gasteiger charge is -2.49. The van der Waals surface area contributed by atoms with Gasteiger partial charge in [-0.25, -0.2) is 0 Å². The molecule has 4 nitrogen and oxygen atoms in total. The van der Waals surface area contributed by atoms with Crippen molar-refractivity contribution < 1.29 is 4.79 Å². The molecule has 132 valence electrons. The maximum atomic E-state index is 12.9. The van der Waals surface area contributed by atoms with Gasteiger partial charge in [-0.1, -0.05) is 28.1 Å². The molecule has 2 aromatic rings. The Kier molecular flexibility index (Phi) is 4.46. The Labute approximate surface area is 157 Å². The molecule has 4 heterocycles. The number of benzene rings is 1. The van der Waals surface area contributed by atoms with E-state index in [1.165, 1.54) is 25.9 Å².